The lowest BCUT2D eigenvalue weighted by atomic mass is 9.98. The van der Waals surface area contributed by atoms with Crippen LogP contribution in [0.1, 0.15) is 18.5 Å². The van der Waals surface area contributed by atoms with Crippen molar-refractivity contribution in [1.29, 1.82) is 0 Å². The number of piperidine rings is 1. The lowest BCUT2D eigenvalue weighted by Gasteiger charge is -2.30. The number of guanidine groups is 1. The van der Waals surface area contributed by atoms with Gasteiger partial charge in [-0.3, -0.25) is 9.67 Å². The third-order valence-electron chi connectivity index (χ3n) is 4.18. The summed E-state index contributed by atoms with van der Waals surface area (Å²) < 4.78 is 26.4. The summed E-state index contributed by atoms with van der Waals surface area (Å²) in [4.78, 5) is 4.21. The predicted molar refractivity (Wildman–Crippen MR) is 90.6 cm³/mol. The molecule has 130 valence electrons. The van der Waals surface area contributed by atoms with Crippen LogP contribution in [0.25, 0.3) is 0 Å². The second-order valence-electron chi connectivity index (χ2n) is 5.86. The van der Waals surface area contributed by atoms with E-state index >= 15 is 0 Å². The molecule has 0 unspecified atom stereocenters. The van der Waals surface area contributed by atoms with Crippen LogP contribution in [0.15, 0.2) is 17.3 Å². The molecule has 8 nitrogen and oxygen atoms in total. The molecule has 2 N–H and O–H groups in total. The van der Waals surface area contributed by atoms with Crippen LogP contribution in [0.5, 0.6) is 0 Å². The number of nitrogens with zero attached hydrogens (tertiary/aromatic N) is 4. The van der Waals surface area contributed by atoms with E-state index in [1.807, 2.05) is 17.8 Å². The monoisotopic (exact) mass is 342 g/mol. The molecule has 2 rings (SSSR count). The highest BCUT2D eigenvalue weighted by molar-refractivity contribution is 7.88. The van der Waals surface area contributed by atoms with Crippen molar-refractivity contribution in [3.05, 3.63) is 18.0 Å². The highest BCUT2D eigenvalue weighted by Crippen LogP contribution is 2.18. The van der Waals surface area contributed by atoms with E-state index in [0.717, 1.165) is 31.0 Å². The summed E-state index contributed by atoms with van der Waals surface area (Å²) in [5.41, 5.74) is 1.08. The van der Waals surface area contributed by atoms with Gasteiger partial charge in [-0.25, -0.2) is 12.7 Å². The first-order chi connectivity index (χ1) is 10.9. The molecule has 1 aromatic heterocycles. The van der Waals surface area contributed by atoms with Crippen LogP contribution < -0.4 is 10.6 Å². The van der Waals surface area contributed by atoms with Gasteiger partial charge in [-0.05, 0) is 24.8 Å². The van der Waals surface area contributed by atoms with Crippen LogP contribution in [0, 0.1) is 5.92 Å². The Morgan fingerprint density at radius 2 is 2.09 bits per heavy atom. The Morgan fingerprint density at radius 1 is 1.39 bits per heavy atom. The maximum absolute atomic E-state index is 11.5. The molecule has 0 radical (unpaired) electrons. The minimum atomic E-state index is -3.05. The molecular weight excluding hydrogens is 316 g/mol. The first-order valence-electron chi connectivity index (χ1n) is 7.76. The van der Waals surface area contributed by atoms with Crippen LogP contribution in [0.3, 0.4) is 0 Å². The average Bonchev–Trinajstić information content (AvgIpc) is 2.92. The maximum Gasteiger partial charge on any atom is 0.211 e. The summed E-state index contributed by atoms with van der Waals surface area (Å²) >= 11 is 0. The molecule has 0 bridgehead atoms. The van der Waals surface area contributed by atoms with Crippen LogP contribution >= 0.6 is 0 Å². The topological polar surface area (TPSA) is 91.6 Å². The molecule has 0 amide bonds. The third-order valence-corrected chi connectivity index (χ3v) is 5.49. The quantitative estimate of drug-likeness (QED) is 0.569. The van der Waals surface area contributed by atoms with Crippen LogP contribution in [-0.2, 0) is 23.6 Å². The number of aromatic nitrogens is 2. The summed E-state index contributed by atoms with van der Waals surface area (Å²) in [7, 11) is 0.592. The van der Waals surface area contributed by atoms with E-state index in [1.165, 1.54) is 6.26 Å². The van der Waals surface area contributed by atoms with Gasteiger partial charge < -0.3 is 10.6 Å². The van der Waals surface area contributed by atoms with E-state index in [4.69, 9.17) is 0 Å². The lowest BCUT2D eigenvalue weighted by molar-refractivity contribution is 0.275. The minimum absolute atomic E-state index is 0.461. The SMILES string of the molecule is CN=C(NCc1ccnn1C)NCC1CCN(S(C)(=O)=O)CC1. The fourth-order valence-corrected chi connectivity index (χ4v) is 3.53. The van der Waals surface area contributed by atoms with Crippen LogP contribution in [0.2, 0.25) is 0 Å². The van der Waals surface area contributed by atoms with E-state index in [0.29, 0.717) is 25.6 Å². The number of rotatable bonds is 5. The van der Waals surface area contributed by atoms with Gasteiger partial charge >= 0.3 is 0 Å². The zero-order chi connectivity index (χ0) is 16.9. The van der Waals surface area contributed by atoms with Crippen LogP contribution in [0.4, 0.5) is 0 Å². The Labute approximate surface area is 138 Å². The molecule has 1 aromatic rings. The normalized spacial score (nSPS) is 18.1. The standard InChI is InChI=1S/C14H26N6O2S/c1-15-14(17-11-13-4-7-18-19(13)2)16-10-12-5-8-20(9-6-12)23(3,21)22/h4,7,12H,5-6,8-11H2,1-3H3,(H2,15,16,17). The molecular formula is C14H26N6O2S. The fraction of sp³-hybridized carbons (Fsp3) is 0.714. The summed E-state index contributed by atoms with van der Waals surface area (Å²) in [5.74, 6) is 1.21. The molecule has 1 aliphatic rings. The molecule has 9 heteroatoms. The van der Waals surface area contributed by atoms with Gasteiger partial charge in [0.1, 0.15) is 0 Å². The van der Waals surface area contributed by atoms with Gasteiger partial charge in [-0.15, -0.1) is 0 Å². The number of hydrogen-bond donors (Lipinski definition) is 2. The van der Waals surface area contributed by atoms with Crippen molar-refractivity contribution in [3.8, 4) is 0 Å². The zero-order valence-corrected chi connectivity index (χ0v) is 14.8. The Bertz CT molecular complexity index is 631. The molecule has 0 aliphatic carbocycles. The molecule has 2 heterocycles. The number of nitrogens with one attached hydrogen (secondary N) is 2. The van der Waals surface area contributed by atoms with E-state index in [-0.39, 0.29) is 0 Å². The van der Waals surface area contributed by atoms with Gasteiger partial charge in [0.2, 0.25) is 10.0 Å². The van der Waals surface area contributed by atoms with E-state index in [1.54, 1.807) is 17.5 Å². The first kappa shape index (κ1) is 17.7. The molecule has 1 saturated heterocycles. The van der Waals surface area contributed by atoms with Gasteiger partial charge in [0.15, 0.2) is 5.96 Å². The maximum atomic E-state index is 11.5. The van der Waals surface area contributed by atoms with Crippen molar-refractivity contribution in [2.75, 3.05) is 32.9 Å². The zero-order valence-electron chi connectivity index (χ0n) is 14.0. The summed E-state index contributed by atoms with van der Waals surface area (Å²) in [6.45, 7) is 2.66. The Kier molecular flexibility index (Phi) is 6.00. The second-order valence-corrected chi connectivity index (χ2v) is 7.84. The van der Waals surface area contributed by atoms with Gasteiger partial charge in [0.25, 0.3) is 0 Å². The van der Waals surface area contributed by atoms with Gasteiger partial charge in [-0.1, -0.05) is 0 Å². The Balaban J connectivity index is 1.73. The van der Waals surface area contributed by atoms with Crippen molar-refractivity contribution in [2.24, 2.45) is 18.0 Å². The molecule has 0 aromatic carbocycles. The molecule has 0 atom stereocenters. The summed E-state index contributed by atoms with van der Waals surface area (Å²) in [6.07, 6.45) is 4.79. The lowest BCUT2D eigenvalue weighted by Crippen LogP contribution is -2.43. The number of aliphatic imine (C=N–C) groups is 1. The largest absolute Gasteiger partial charge is 0.356 e. The smallest absolute Gasteiger partial charge is 0.211 e. The molecule has 1 aliphatic heterocycles. The van der Waals surface area contributed by atoms with Gasteiger partial charge in [0.05, 0.1) is 18.5 Å². The van der Waals surface area contributed by atoms with Crippen molar-refractivity contribution >= 4 is 16.0 Å². The average molecular weight is 342 g/mol. The van der Waals surface area contributed by atoms with Crippen LogP contribution in [-0.4, -0.2) is 61.4 Å². The predicted octanol–water partition coefficient (Wildman–Crippen LogP) is -0.243. The van der Waals surface area contributed by atoms with Crippen molar-refractivity contribution in [2.45, 2.75) is 19.4 Å². The van der Waals surface area contributed by atoms with Crippen molar-refractivity contribution in [1.82, 2.24) is 24.7 Å². The molecule has 1 fully saturated rings. The number of hydrogen-bond acceptors (Lipinski definition) is 4. The number of sulfonamides is 1. The molecule has 0 saturated carbocycles. The highest BCUT2D eigenvalue weighted by atomic mass is 32.2. The fourth-order valence-electron chi connectivity index (χ4n) is 2.66. The molecule has 23 heavy (non-hydrogen) atoms. The van der Waals surface area contributed by atoms with E-state index < -0.39 is 10.0 Å². The summed E-state index contributed by atoms with van der Waals surface area (Å²) in [6, 6.07) is 1.96. The Morgan fingerprint density at radius 3 is 2.61 bits per heavy atom. The van der Waals surface area contributed by atoms with E-state index in [9.17, 15) is 8.42 Å². The number of aryl methyl sites for hydroxylation is 1. The third kappa shape index (κ3) is 5.21. The van der Waals surface area contributed by atoms with Crippen molar-refractivity contribution in [3.63, 3.8) is 0 Å². The molecule has 0 spiro atoms. The first-order valence-corrected chi connectivity index (χ1v) is 9.61. The van der Waals surface area contributed by atoms with Gasteiger partial charge in [0, 0.05) is 39.9 Å². The highest BCUT2D eigenvalue weighted by Gasteiger charge is 2.24. The van der Waals surface area contributed by atoms with Gasteiger partial charge in [-0.2, -0.15) is 5.10 Å². The summed E-state index contributed by atoms with van der Waals surface area (Å²) in [5, 5.41) is 10.7. The second kappa shape index (κ2) is 7.78. The minimum Gasteiger partial charge on any atom is -0.356 e. The van der Waals surface area contributed by atoms with E-state index in [2.05, 4.69) is 20.7 Å². The van der Waals surface area contributed by atoms with Crippen molar-refractivity contribution < 1.29 is 8.42 Å². The Hall–Kier alpha value is -1.61.